The van der Waals surface area contributed by atoms with Gasteiger partial charge in [0.25, 0.3) is 0 Å². The molecule has 0 radical (unpaired) electrons. The normalized spacial score (nSPS) is 10.4. The van der Waals surface area contributed by atoms with Gasteiger partial charge in [-0.3, -0.25) is 4.79 Å². The van der Waals surface area contributed by atoms with Crippen LogP contribution in [0.25, 0.3) is 0 Å². The van der Waals surface area contributed by atoms with Gasteiger partial charge in [-0.2, -0.15) is 0 Å². The first-order chi connectivity index (χ1) is 7.66. The van der Waals surface area contributed by atoms with Gasteiger partial charge in [-0.1, -0.05) is 6.07 Å². The zero-order valence-electron chi connectivity index (χ0n) is 8.74. The highest BCUT2D eigenvalue weighted by atomic mass is 32.1. The lowest BCUT2D eigenvalue weighted by Crippen LogP contribution is -2.05. The minimum atomic E-state index is -0.381. The van der Waals surface area contributed by atoms with E-state index in [2.05, 4.69) is 4.98 Å². The van der Waals surface area contributed by atoms with Crippen LogP contribution in [0.5, 0.6) is 0 Å². The Morgan fingerprint density at radius 1 is 1.50 bits per heavy atom. The molecule has 0 aliphatic rings. The molecule has 16 heavy (non-hydrogen) atoms. The summed E-state index contributed by atoms with van der Waals surface area (Å²) in [5.74, 6) is -0.472. The number of aryl methyl sites for hydroxylation is 1. The monoisotopic (exact) mass is 235 g/mol. The van der Waals surface area contributed by atoms with Gasteiger partial charge in [-0.15, -0.1) is 11.3 Å². The van der Waals surface area contributed by atoms with Crippen molar-refractivity contribution in [2.75, 3.05) is 0 Å². The topological polar surface area (TPSA) is 30.0 Å². The van der Waals surface area contributed by atoms with Crippen molar-refractivity contribution < 1.29 is 9.18 Å². The molecule has 0 fully saturated rings. The summed E-state index contributed by atoms with van der Waals surface area (Å²) in [6.07, 6.45) is 1.90. The molecule has 0 aliphatic carbocycles. The van der Waals surface area contributed by atoms with E-state index in [-0.39, 0.29) is 18.0 Å². The molecule has 82 valence electrons. The standard InChI is InChI=1S/C12H10FNOS/c1-8-2-3-9(13)6-10(8)11(15)7-12-14-4-5-16-12/h2-6H,7H2,1H3. The van der Waals surface area contributed by atoms with E-state index < -0.39 is 0 Å². The fourth-order valence-electron chi connectivity index (χ4n) is 1.47. The van der Waals surface area contributed by atoms with E-state index in [1.165, 1.54) is 23.5 Å². The first-order valence-corrected chi connectivity index (χ1v) is 5.72. The van der Waals surface area contributed by atoms with Crippen molar-refractivity contribution in [2.24, 2.45) is 0 Å². The molecule has 1 aromatic carbocycles. The number of benzene rings is 1. The summed E-state index contributed by atoms with van der Waals surface area (Å²) in [5.41, 5.74) is 1.23. The van der Waals surface area contributed by atoms with Gasteiger partial charge in [-0.25, -0.2) is 9.37 Å². The summed E-state index contributed by atoms with van der Waals surface area (Å²) in [6, 6.07) is 4.26. The summed E-state index contributed by atoms with van der Waals surface area (Å²) in [5, 5.41) is 2.58. The Hall–Kier alpha value is -1.55. The molecule has 0 saturated carbocycles. The Kier molecular flexibility index (Phi) is 3.10. The van der Waals surface area contributed by atoms with E-state index in [1.54, 1.807) is 19.2 Å². The number of rotatable bonds is 3. The number of carbonyl (C=O) groups excluding carboxylic acids is 1. The number of Topliss-reactive ketones (excluding diaryl/α,β-unsaturated/α-hetero) is 1. The van der Waals surface area contributed by atoms with Crippen molar-refractivity contribution in [1.82, 2.24) is 4.98 Å². The zero-order valence-corrected chi connectivity index (χ0v) is 9.55. The maximum Gasteiger partial charge on any atom is 0.170 e. The third-order valence-corrected chi connectivity index (χ3v) is 3.07. The van der Waals surface area contributed by atoms with Crippen LogP contribution in [0.4, 0.5) is 4.39 Å². The minimum Gasteiger partial charge on any atom is -0.294 e. The summed E-state index contributed by atoms with van der Waals surface area (Å²) in [7, 11) is 0. The van der Waals surface area contributed by atoms with Crippen molar-refractivity contribution in [3.05, 3.63) is 51.7 Å². The Bertz CT molecular complexity index is 508. The van der Waals surface area contributed by atoms with E-state index >= 15 is 0 Å². The van der Waals surface area contributed by atoms with E-state index in [4.69, 9.17) is 0 Å². The van der Waals surface area contributed by atoms with Crippen LogP contribution in [0.2, 0.25) is 0 Å². The van der Waals surface area contributed by atoms with Crippen LogP contribution in [0.15, 0.2) is 29.8 Å². The second-order valence-corrected chi connectivity index (χ2v) is 4.46. The number of ketones is 1. The number of nitrogens with zero attached hydrogens (tertiary/aromatic N) is 1. The van der Waals surface area contributed by atoms with E-state index in [0.717, 1.165) is 10.6 Å². The third kappa shape index (κ3) is 2.33. The number of thiazole rings is 1. The predicted octanol–water partition coefficient (Wildman–Crippen LogP) is 3.02. The number of aromatic nitrogens is 1. The van der Waals surface area contributed by atoms with Gasteiger partial charge in [-0.05, 0) is 24.6 Å². The van der Waals surface area contributed by atoms with Crippen molar-refractivity contribution in [3.8, 4) is 0 Å². The Labute approximate surface area is 96.8 Å². The highest BCUT2D eigenvalue weighted by Crippen LogP contribution is 2.14. The van der Waals surface area contributed by atoms with Crippen LogP contribution in [-0.4, -0.2) is 10.8 Å². The van der Waals surface area contributed by atoms with Gasteiger partial charge in [0.15, 0.2) is 5.78 Å². The molecule has 2 nitrogen and oxygen atoms in total. The zero-order chi connectivity index (χ0) is 11.5. The molecule has 0 bridgehead atoms. The van der Waals surface area contributed by atoms with Gasteiger partial charge in [0.2, 0.25) is 0 Å². The summed E-state index contributed by atoms with van der Waals surface area (Å²) < 4.78 is 13.0. The molecule has 0 atom stereocenters. The van der Waals surface area contributed by atoms with Crippen LogP contribution in [0.1, 0.15) is 20.9 Å². The molecule has 0 saturated heterocycles. The molecule has 2 rings (SSSR count). The third-order valence-electron chi connectivity index (χ3n) is 2.30. The molecule has 1 aromatic heterocycles. The minimum absolute atomic E-state index is 0.0908. The average Bonchev–Trinajstić information content (AvgIpc) is 2.74. The summed E-state index contributed by atoms with van der Waals surface area (Å²) in [6.45, 7) is 1.80. The van der Waals surface area contributed by atoms with Gasteiger partial charge < -0.3 is 0 Å². The molecule has 0 aliphatic heterocycles. The molecule has 1 heterocycles. The van der Waals surface area contributed by atoms with Crippen molar-refractivity contribution in [3.63, 3.8) is 0 Å². The van der Waals surface area contributed by atoms with Gasteiger partial charge >= 0.3 is 0 Å². The summed E-state index contributed by atoms with van der Waals surface area (Å²) in [4.78, 5) is 15.9. The van der Waals surface area contributed by atoms with Crippen molar-refractivity contribution >= 4 is 17.1 Å². The molecule has 0 unspecified atom stereocenters. The number of halogens is 1. The van der Waals surface area contributed by atoms with Gasteiger partial charge in [0, 0.05) is 17.1 Å². The van der Waals surface area contributed by atoms with Crippen molar-refractivity contribution in [2.45, 2.75) is 13.3 Å². The number of hydrogen-bond acceptors (Lipinski definition) is 3. The largest absolute Gasteiger partial charge is 0.294 e. The highest BCUT2D eigenvalue weighted by Gasteiger charge is 2.12. The predicted molar refractivity (Wildman–Crippen MR) is 61.3 cm³/mol. The fourth-order valence-corrected chi connectivity index (χ4v) is 2.08. The molecule has 0 amide bonds. The lowest BCUT2D eigenvalue weighted by atomic mass is 10.0. The average molecular weight is 235 g/mol. The van der Waals surface area contributed by atoms with E-state index in [1.807, 2.05) is 5.38 Å². The Balaban J connectivity index is 2.24. The maximum atomic E-state index is 13.0. The second kappa shape index (κ2) is 4.53. The smallest absolute Gasteiger partial charge is 0.170 e. The van der Waals surface area contributed by atoms with Crippen LogP contribution in [0.3, 0.4) is 0 Å². The quantitative estimate of drug-likeness (QED) is 0.765. The van der Waals surface area contributed by atoms with Crippen LogP contribution in [0, 0.1) is 12.7 Å². The van der Waals surface area contributed by atoms with E-state index in [0.29, 0.717) is 5.56 Å². The molecule has 4 heteroatoms. The lowest BCUT2D eigenvalue weighted by molar-refractivity contribution is 0.0992. The molecular formula is C12H10FNOS. The lowest BCUT2D eigenvalue weighted by Gasteiger charge is -2.03. The number of hydrogen-bond donors (Lipinski definition) is 0. The Morgan fingerprint density at radius 3 is 3.00 bits per heavy atom. The van der Waals surface area contributed by atoms with Crippen molar-refractivity contribution in [1.29, 1.82) is 0 Å². The highest BCUT2D eigenvalue weighted by molar-refractivity contribution is 7.09. The SMILES string of the molecule is Cc1ccc(F)cc1C(=O)Cc1nccs1. The molecule has 0 spiro atoms. The van der Waals surface area contributed by atoms with Gasteiger partial charge in [0.1, 0.15) is 10.8 Å². The number of carbonyl (C=O) groups is 1. The Morgan fingerprint density at radius 2 is 2.31 bits per heavy atom. The van der Waals surface area contributed by atoms with E-state index in [9.17, 15) is 9.18 Å². The van der Waals surface area contributed by atoms with Crippen LogP contribution in [-0.2, 0) is 6.42 Å². The second-order valence-electron chi connectivity index (χ2n) is 3.49. The fraction of sp³-hybridized carbons (Fsp3) is 0.167. The first-order valence-electron chi connectivity index (χ1n) is 4.84. The van der Waals surface area contributed by atoms with Crippen LogP contribution < -0.4 is 0 Å². The van der Waals surface area contributed by atoms with Gasteiger partial charge in [0.05, 0.1) is 6.42 Å². The van der Waals surface area contributed by atoms with Crippen LogP contribution >= 0.6 is 11.3 Å². The molecule has 2 aromatic rings. The first kappa shape index (κ1) is 11.0. The molecular weight excluding hydrogens is 225 g/mol. The maximum absolute atomic E-state index is 13.0. The summed E-state index contributed by atoms with van der Waals surface area (Å²) >= 11 is 1.43. The molecule has 0 N–H and O–H groups in total.